The van der Waals surface area contributed by atoms with Crippen molar-refractivity contribution in [3.8, 4) is 11.8 Å². The average molecular weight is 400 g/mol. The molecule has 152 valence electrons. The molecule has 1 heterocycles. The number of benzene rings is 2. The van der Waals surface area contributed by atoms with Gasteiger partial charge in [0.2, 0.25) is 0 Å². The summed E-state index contributed by atoms with van der Waals surface area (Å²) in [6, 6.07) is 15.1. The molecule has 0 aliphatic heterocycles. The van der Waals surface area contributed by atoms with Gasteiger partial charge in [0.25, 0.3) is 11.5 Å². The van der Waals surface area contributed by atoms with E-state index in [9.17, 15) is 14.9 Å². The SMILES string of the molecule is Cc1cc(C)c(/C=C(\C#N)C(=O)Nc2c(C)n(C)n(-c3ccccc3)c2=O)cc1C. The third-order valence-corrected chi connectivity index (χ3v) is 5.34. The standard InChI is InChI=1S/C24H24N4O2/c1-15-11-17(3)19(12-16(15)2)13-20(14-25)23(29)26-22-18(4)27(5)28(24(22)30)21-9-7-6-8-10-21/h6-13H,1-5H3,(H,26,29)/b20-13+. The van der Waals surface area contributed by atoms with Crippen LogP contribution in [0.4, 0.5) is 5.69 Å². The molecule has 0 fully saturated rings. The molecule has 0 radical (unpaired) electrons. The lowest BCUT2D eigenvalue weighted by molar-refractivity contribution is -0.112. The summed E-state index contributed by atoms with van der Waals surface area (Å²) in [4.78, 5) is 25.8. The fraction of sp³-hybridized carbons (Fsp3) is 0.208. The number of rotatable bonds is 4. The highest BCUT2D eigenvalue weighted by Crippen LogP contribution is 2.19. The van der Waals surface area contributed by atoms with Crippen LogP contribution >= 0.6 is 0 Å². The van der Waals surface area contributed by atoms with E-state index in [0.29, 0.717) is 11.4 Å². The predicted molar refractivity (Wildman–Crippen MR) is 119 cm³/mol. The van der Waals surface area contributed by atoms with Crippen LogP contribution in [0.2, 0.25) is 0 Å². The fourth-order valence-corrected chi connectivity index (χ4v) is 3.34. The van der Waals surface area contributed by atoms with E-state index in [1.54, 1.807) is 24.7 Å². The summed E-state index contributed by atoms with van der Waals surface area (Å²) in [5.41, 5.74) is 5.03. The number of amides is 1. The Morgan fingerprint density at radius 3 is 2.30 bits per heavy atom. The highest BCUT2D eigenvalue weighted by atomic mass is 16.2. The lowest BCUT2D eigenvalue weighted by Gasteiger charge is -2.08. The largest absolute Gasteiger partial charge is 0.315 e. The first-order valence-electron chi connectivity index (χ1n) is 9.59. The summed E-state index contributed by atoms with van der Waals surface area (Å²) in [5, 5.41) is 12.2. The van der Waals surface area contributed by atoms with Crippen molar-refractivity contribution < 1.29 is 4.79 Å². The Balaban J connectivity index is 1.99. The van der Waals surface area contributed by atoms with Crippen molar-refractivity contribution in [2.45, 2.75) is 27.7 Å². The van der Waals surface area contributed by atoms with E-state index in [1.165, 1.54) is 4.68 Å². The number of nitrogens with zero attached hydrogens (tertiary/aromatic N) is 3. The third-order valence-electron chi connectivity index (χ3n) is 5.34. The average Bonchev–Trinajstić information content (AvgIpc) is 2.93. The molecule has 6 heteroatoms. The topological polar surface area (TPSA) is 79.8 Å². The van der Waals surface area contributed by atoms with Crippen LogP contribution in [0.25, 0.3) is 11.8 Å². The highest BCUT2D eigenvalue weighted by Gasteiger charge is 2.20. The molecule has 3 aromatic rings. The first kappa shape index (κ1) is 20.9. The Kier molecular flexibility index (Phi) is 5.74. The number of hydrogen-bond donors (Lipinski definition) is 1. The zero-order valence-electron chi connectivity index (χ0n) is 17.8. The van der Waals surface area contributed by atoms with Crippen molar-refractivity contribution in [2.24, 2.45) is 7.05 Å². The molecular formula is C24H24N4O2. The smallest absolute Gasteiger partial charge is 0.295 e. The number of carbonyl (C=O) groups is 1. The number of carbonyl (C=O) groups excluding carboxylic acids is 1. The van der Waals surface area contributed by atoms with Gasteiger partial charge in [0.1, 0.15) is 17.3 Å². The van der Waals surface area contributed by atoms with Crippen LogP contribution in [0, 0.1) is 39.0 Å². The molecule has 1 aromatic heterocycles. The Labute approximate surface area is 175 Å². The normalized spacial score (nSPS) is 11.3. The van der Waals surface area contributed by atoms with E-state index in [0.717, 1.165) is 22.3 Å². The van der Waals surface area contributed by atoms with Crippen molar-refractivity contribution in [1.82, 2.24) is 9.36 Å². The number of nitrogens with one attached hydrogen (secondary N) is 1. The van der Waals surface area contributed by atoms with Crippen LogP contribution in [0.1, 0.15) is 27.9 Å². The van der Waals surface area contributed by atoms with Gasteiger partial charge in [0, 0.05) is 7.05 Å². The molecule has 0 saturated carbocycles. The molecule has 0 aliphatic rings. The van der Waals surface area contributed by atoms with Crippen LogP contribution in [-0.4, -0.2) is 15.3 Å². The third kappa shape index (κ3) is 3.83. The zero-order valence-corrected chi connectivity index (χ0v) is 17.8. The van der Waals surface area contributed by atoms with Crippen LogP contribution < -0.4 is 10.9 Å². The second kappa shape index (κ2) is 8.26. The van der Waals surface area contributed by atoms with Crippen molar-refractivity contribution >= 4 is 17.7 Å². The first-order chi connectivity index (χ1) is 14.2. The molecular weight excluding hydrogens is 376 g/mol. The van der Waals surface area contributed by atoms with Crippen molar-refractivity contribution in [1.29, 1.82) is 5.26 Å². The van der Waals surface area contributed by atoms with Gasteiger partial charge in [-0.15, -0.1) is 0 Å². The summed E-state index contributed by atoms with van der Waals surface area (Å²) in [7, 11) is 1.75. The summed E-state index contributed by atoms with van der Waals surface area (Å²) in [5.74, 6) is -0.610. The minimum absolute atomic E-state index is 0.0599. The molecule has 1 amide bonds. The summed E-state index contributed by atoms with van der Waals surface area (Å²) in [6.45, 7) is 7.69. The Bertz CT molecular complexity index is 1260. The highest BCUT2D eigenvalue weighted by molar-refractivity contribution is 6.10. The summed E-state index contributed by atoms with van der Waals surface area (Å²) >= 11 is 0. The van der Waals surface area contributed by atoms with Crippen molar-refractivity contribution in [3.05, 3.63) is 86.3 Å². The minimum Gasteiger partial charge on any atom is -0.315 e. The maximum Gasteiger partial charge on any atom is 0.295 e. The number of aryl methyl sites for hydroxylation is 3. The van der Waals surface area contributed by atoms with Gasteiger partial charge in [-0.05, 0) is 68.2 Å². The van der Waals surface area contributed by atoms with Gasteiger partial charge < -0.3 is 5.32 Å². The van der Waals surface area contributed by atoms with E-state index in [2.05, 4.69) is 5.32 Å². The number of aromatic nitrogens is 2. The maximum absolute atomic E-state index is 13.0. The number of anilines is 1. The van der Waals surface area contributed by atoms with Crippen LogP contribution in [-0.2, 0) is 11.8 Å². The second-order valence-electron chi connectivity index (χ2n) is 7.35. The van der Waals surface area contributed by atoms with Gasteiger partial charge in [-0.25, -0.2) is 4.68 Å². The van der Waals surface area contributed by atoms with Crippen LogP contribution in [0.5, 0.6) is 0 Å². The second-order valence-corrected chi connectivity index (χ2v) is 7.35. The number of hydrogen-bond acceptors (Lipinski definition) is 3. The zero-order chi connectivity index (χ0) is 22.0. The lowest BCUT2D eigenvalue weighted by Crippen LogP contribution is -2.23. The van der Waals surface area contributed by atoms with Crippen LogP contribution in [0.3, 0.4) is 0 Å². The summed E-state index contributed by atoms with van der Waals surface area (Å²) in [6.07, 6.45) is 1.56. The Hall–Kier alpha value is -3.85. The van der Waals surface area contributed by atoms with Gasteiger partial charge in [-0.3, -0.25) is 14.3 Å². The van der Waals surface area contributed by atoms with E-state index >= 15 is 0 Å². The predicted octanol–water partition coefficient (Wildman–Crippen LogP) is 3.96. The van der Waals surface area contributed by atoms with E-state index in [-0.39, 0.29) is 16.8 Å². The molecule has 0 atom stereocenters. The number of nitriles is 1. The van der Waals surface area contributed by atoms with Crippen LogP contribution in [0.15, 0.2) is 52.8 Å². The van der Waals surface area contributed by atoms with Gasteiger partial charge in [0.05, 0.1) is 11.4 Å². The lowest BCUT2D eigenvalue weighted by atomic mass is 9.99. The van der Waals surface area contributed by atoms with E-state index in [1.807, 2.05) is 69.3 Å². The molecule has 0 aliphatic carbocycles. The molecule has 0 bridgehead atoms. The monoisotopic (exact) mass is 400 g/mol. The minimum atomic E-state index is -0.610. The summed E-state index contributed by atoms with van der Waals surface area (Å²) < 4.78 is 3.16. The molecule has 0 saturated heterocycles. The van der Waals surface area contributed by atoms with Gasteiger partial charge in [-0.1, -0.05) is 30.3 Å². The number of para-hydroxylation sites is 1. The molecule has 0 unspecified atom stereocenters. The van der Waals surface area contributed by atoms with Gasteiger partial charge >= 0.3 is 0 Å². The Morgan fingerprint density at radius 2 is 1.67 bits per heavy atom. The van der Waals surface area contributed by atoms with Crippen molar-refractivity contribution in [3.63, 3.8) is 0 Å². The van der Waals surface area contributed by atoms with E-state index in [4.69, 9.17) is 0 Å². The van der Waals surface area contributed by atoms with E-state index < -0.39 is 5.91 Å². The van der Waals surface area contributed by atoms with Gasteiger partial charge in [0.15, 0.2) is 0 Å². The Morgan fingerprint density at radius 1 is 1.03 bits per heavy atom. The molecule has 3 rings (SSSR count). The molecule has 2 aromatic carbocycles. The maximum atomic E-state index is 13.0. The molecule has 0 spiro atoms. The molecule has 6 nitrogen and oxygen atoms in total. The molecule has 30 heavy (non-hydrogen) atoms. The van der Waals surface area contributed by atoms with Crippen molar-refractivity contribution in [2.75, 3.05) is 5.32 Å². The first-order valence-corrected chi connectivity index (χ1v) is 9.59. The van der Waals surface area contributed by atoms with Gasteiger partial charge in [-0.2, -0.15) is 5.26 Å². The quantitative estimate of drug-likeness (QED) is 0.532. The molecule has 1 N–H and O–H groups in total. The fourth-order valence-electron chi connectivity index (χ4n) is 3.34.